The fourth-order valence-corrected chi connectivity index (χ4v) is 1.76. The lowest BCUT2D eigenvalue weighted by Gasteiger charge is -2.40. The van der Waals surface area contributed by atoms with Crippen molar-refractivity contribution in [3.05, 3.63) is 0 Å². The topological polar surface area (TPSA) is 68.2 Å². The summed E-state index contributed by atoms with van der Waals surface area (Å²) in [6.07, 6.45) is -3.12. The Morgan fingerprint density at radius 1 is 1.12 bits per heavy atom. The van der Waals surface area contributed by atoms with Crippen LogP contribution in [0.3, 0.4) is 0 Å². The van der Waals surface area contributed by atoms with Crippen LogP contribution in [0, 0.1) is 0 Å². The summed E-state index contributed by atoms with van der Waals surface area (Å²) < 4.78 is 15.4. The average Bonchev–Trinajstić information content (AvgIpc) is 2.29. The second-order valence-corrected chi connectivity index (χ2v) is 3.52. The molecular weight excluding hydrogens is 212 g/mol. The molecule has 5 heteroatoms. The highest BCUT2D eigenvalue weighted by Crippen LogP contribution is 2.22. The largest absolute Gasteiger partial charge is 0.388 e. The summed E-state index contributed by atoms with van der Waals surface area (Å²) in [4.78, 5) is 0. The van der Waals surface area contributed by atoms with Crippen LogP contribution in [0.15, 0.2) is 0 Å². The van der Waals surface area contributed by atoms with Gasteiger partial charge in [-0.25, -0.2) is 0 Å². The molecule has 0 aromatic heterocycles. The van der Waals surface area contributed by atoms with Gasteiger partial charge in [0.15, 0.2) is 0 Å². The van der Waals surface area contributed by atoms with E-state index in [0.29, 0.717) is 0 Å². The van der Waals surface area contributed by atoms with E-state index in [0.717, 1.165) is 0 Å². The van der Waals surface area contributed by atoms with Crippen LogP contribution in [-0.4, -0.2) is 61.6 Å². The number of aliphatic hydroxyl groups excluding tert-OH is 2. The maximum atomic E-state index is 9.69. The van der Waals surface area contributed by atoms with Gasteiger partial charge in [-0.2, -0.15) is 0 Å². The molecule has 0 aliphatic carbocycles. The second kappa shape index (κ2) is 7.97. The normalized spacial score (nSPS) is 38.8. The van der Waals surface area contributed by atoms with Crippen molar-refractivity contribution in [2.45, 2.75) is 51.3 Å². The van der Waals surface area contributed by atoms with Crippen molar-refractivity contribution in [2.75, 3.05) is 20.8 Å². The molecular formula is C11H24O5. The van der Waals surface area contributed by atoms with E-state index in [1.165, 1.54) is 14.2 Å². The number of aliphatic hydroxyl groups is 2. The van der Waals surface area contributed by atoms with Gasteiger partial charge in [-0.15, -0.1) is 0 Å². The highest BCUT2D eigenvalue weighted by atomic mass is 16.6. The molecule has 0 radical (unpaired) electrons. The molecule has 2 N–H and O–H groups in total. The van der Waals surface area contributed by atoms with E-state index < -0.39 is 24.4 Å². The quantitative estimate of drug-likeness (QED) is 0.732. The molecule has 1 aliphatic rings. The first-order valence-corrected chi connectivity index (χ1v) is 5.65. The number of rotatable bonds is 3. The zero-order valence-electron chi connectivity index (χ0n) is 10.7. The van der Waals surface area contributed by atoms with Gasteiger partial charge in [-0.3, -0.25) is 0 Å². The van der Waals surface area contributed by atoms with Gasteiger partial charge in [-0.05, 0) is 6.92 Å². The fourth-order valence-electron chi connectivity index (χ4n) is 1.76. The standard InChI is InChI=1S/C9H18O5.C2H6/c1-5-9(13-3)8(11)7(10)6(14-5)4-12-2;1-2/h5-11H,4H2,1-3H3;1-2H3. The minimum atomic E-state index is -0.962. The summed E-state index contributed by atoms with van der Waals surface area (Å²) in [5.74, 6) is 0. The van der Waals surface area contributed by atoms with Gasteiger partial charge in [0, 0.05) is 14.2 Å². The molecule has 98 valence electrons. The van der Waals surface area contributed by atoms with E-state index >= 15 is 0 Å². The monoisotopic (exact) mass is 236 g/mol. The summed E-state index contributed by atoms with van der Waals surface area (Å²) in [6, 6.07) is 0. The molecule has 1 rings (SSSR count). The molecule has 0 saturated carbocycles. The third kappa shape index (κ3) is 3.68. The van der Waals surface area contributed by atoms with Crippen LogP contribution < -0.4 is 0 Å². The first-order valence-electron chi connectivity index (χ1n) is 5.65. The molecule has 5 unspecified atom stereocenters. The molecule has 0 aromatic rings. The van der Waals surface area contributed by atoms with Crippen molar-refractivity contribution in [2.24, 2.45) is 0 Å². The molecule has 0 bridgehead atoms. The van der Waals surface area contributed by atoms with Crippen molar-refractivity contribution in [3.63, 3.8) is 0 Å². The van der Waals surface area contributed by atoms with E-state index in [1.54, 1.807) is 6.92 Å². The van der Waals surface area contributed by atoms with Crippen LogP contribution in [0.25, 0.3) is 0 Å². The van der Waals surface area contributed by atoms with Gasteiger partial charge in [0.05, 0.1) is 12.7 Å². The Bertz CT molecular complexity index is 174. The Balaban J connectivity index is 0.00000106. The molecule has 16 heavy (non-hydrogen) atoms. The second-order valence-electron chi connectivity index (χ2n) is 3.52. The maximum Gasteiger partial charge on any atom is 0.111 e. The lowest BCUT2D eigenvalue weighted by atomic mass is 9.96. The molecule has 5 atom stereocenters. The SMILES string of the molecule is CC.COCC1OC(C)C(OC)C(O)C1O. The molecule has 1 aliphatic heterocycles. The Labute approximate surface area is 97.3 Å². The molecule has 5 nitrogen and oxygen atoms in total. The van der Waals surface area contributed by atoms with Crippen molar-refractivity contribution < 1.29 is 24.4 Å². The van der Waals surface area contributed by atoms with Gasteiger partial charge in [0.25, 0.3) is 0 Å². The number of hydrogen-bond donors (Lipinski definition) is 2. The third-order valence-corrected chi connectivity index (χ3v) is 2.52. The Kier molecular flexibility index (Phi) is 7.87. The summed E-state index contributed by atoms with van der Waals surface area (Å²) in [6.45, 7) is 6.06. The van der Waals surface area contributed by atoms with Gasteiger partial charge in [0.1, 0.15) is 24.4 Å². The minimum absolute atomic E-state index is 0.251. The van der Waals surface area contributed by atoms with Crippen LogP contribution in [0.4, 0.5) is 0 Å². The van der Waals surface area contributed by atoms with Gasteiger partial charge < -0.3 is 24.4 Å². The zero-order valence-corrected chi connectivity index (χ0v) is 10.7. The van der Waals surface area contributed by atoms with Crippen LogP contribution >= 0.6 is 0 Å². The van der Waals surface area contributed by atoms with Gasteiger partial charge >= 0.3 is 0 Å². The lowest BCUT2D eigenvalue weighted by Crippen LogP contribution is -2.58. The Morgan fingerprint density at radius 3 is 2.12 bits per heavy atom. The van der Waals surface area contributed by atoms with Crippen molar-refractivity contribution >= 4 is 0 Å². The highest BCUT2D eigenvalue weighted by Gasteiger charge is 2.42. The van der Waals surface area contributed by atoms with E-state index in [1.807, 2.05) is 13.8 Å². The van der Waals surface area contributed by atoms with E-state index in [9.17, 15) is 10.2 Å². The van der Waals surface area contributed by atoms with E-state index in [-0.39, 0.29) is 12.7 Å². The van der Waals surface area contributed by atoms with E-state index in [2.05, 4.69) is 0 Å². The number of hydrogen-bond acceptors (Lipinski definition) is 5. The molecule has 0 spiro atoms. The van der Waals surface area contributed by atoms with Crippen molar-refractivity contribution in [3.8, 4) is 0 Å². The summed E-state index contributed by atoms with van der Waals surface area (Å²) in [7, 11) is 3.01. The fraction of sp³-hybridized carbons (Fsp3) is 1.00. The smallest absolute Gasteiger partial charge is 0.111 e. The summed E-state index contributed by atoms with van der Waals surface area (Å²) in [5, 5.41) is 19.3. The van der Waals surface area contributed by atoms with Crippen LogP contribution in [0.2, 0.25) is 0 Å². The summed E-state index contributed by atoms with van der Waals surface area (Å²) in [5.41, 5.74) is 0. The van der Waals surface area contributed by atoms with E-state index in [4.69, 9.17) is 14.2 Å². The van der Waals surface area contributed by atoms with Crippen LogP contribution in [0.5, 0.6) is 0 Å². The lowest BCUT2D eigenvalue weighted by molar-refractivity contribution is -0.232. The number of methoxy groups -OCH3 is 2. The molecule has 1 heterocycles. The van der Waals surface area contributed by atoms with Crippen molar-refractivity contribution in [1.82, 2.24) is 0 Å². The summed E-state index contributed by atoms with van der Waals surface area (Å²) >= 11 is 0. The third-order valence-electron chi connectivity index (χ3n) is 2.52. The minimum Gasteiger partial charge on any atom is -0.388 e. The van der Waals surface area contributed by atoms with Crippen molar-refractivity contribution in [1.29, 1.82) is 0 Å². The maximum absolute atomic E-state index is 9.69. The first kappa shape index (κ1) is 15.8. The predicted molar refractivity (Wildman–Crippen MR) is 60.4 cm³/mol. The molecule has 1 saturated heterocycles. The zero-order chi connectivity index (χ0) is 12.7. The Morgan fingerprint density at radius 2 is 1.69 bits per heavy atom. The van der Waals surface area contributed by atoms with Gasteiger partial charge in [-0.1, -0.05) is 13.8 Å². The Hall–Kier alpha value is -0.200. The highest BCUT2D eigenvalue weighted by molar-refractivity contribution is 4.91. The van der Waals surface area contributed by atoms with Crippen LogP contribution in [0.1, 0.15) is 20.8 Å². The first-order chi connectivity index (χ1) is 7.61. The number of ether oxygens (including phenoxy) is 3. The predicted octanol–water partition coefficient (Wildman–Crippen LogP) is 0.183. The van der Waals surface area contributed by atoms with Gasteiger partial charge in [0.2, 0.25) is 0 Å². The van der Waals surface area contributed by atoms with Crippen LogP contribution in [-0.2, 0) is 14.2 Å². The molecule has 1 fully saturated rings. The molecule has 0 amide bonds. The molecule has 0 aromatic carbocycles. The average molecular weight is 236 g/mol.